The molecule has 0 aromatic heterocycles. The minimum absolute atomic E-state index is 0.0788. The van der Waals surface area contributed by atoms with E-state index in [1.807, 2.05) is 0 Å². The molecule has 1 N–H and O–H groups in total. The minimum Gasteiger partial charge on any atom is -0.346 e. The highest BCUT2D eigenvalue weighted by Gasteiger charge is 2.21. The van der Waals surface area contributed by atoms with Gasteiger partial charge in [-0.15, -0.1) is 0 Å². The molecule has 0 spiro atoms. The Balaban J connectivity index is 2.28. The van der Waals surface area contributed by atoms with Gasteiger partial charge in [0.2, 0.25) is 5.91 Å². The van der Waals surface area contributed by atoms with Crippen molar-refractivity contribution in [2.75, 3.05) is 0 Å². The van der Waals surface area contributed by atoms with Gasteiger partial charge in [0.25, 0.3) is 0 Å². The van der Waals surface area contributed by atoms with E-state index in [0.717, 1.165) is 30.4 Å². The van der Waals surface area contributed by atoms with Crippen LogP contribution < -0.4 is 5.32 Å². The van der Waals surface area contributed by atoms with Crippen molar-refractivity contribution in [3.8, 4) is 0 Å². The van der Waals surface area contributed by atoms with Crippen LogP contribution in [0.15, 0.2) is 30.9 Å². The van der Waals surface area contributed by atoms with E-state index in [1.165, 1.54) is 18.2 Å². The van der Waals surface area contributed by atoms with E-state index in [9.17, 15) is 9.18 Å². The zero-order chi connectivity index (χ0) is 11.5. The molecule has 1 atom stereocenters. The summed E-state index contributed by atoms with van der Waals surface area (Å²) in [6.07, 6.45) is 4.07. The fraction of sp³-hybridized carbons (Fsp3) is 0.308. The first-order chi connectivity index (χ1) is 7.70. The van der Waals surface area contributed by atoms with Crippen molar-refractivity contribution >= 4 is 5.91 Å². The molecule has 1 aliphatic carbocycles. The number of fused-ring (bicyclic) bond motifs is 1. The van der Waals surface area contributed by atoms with Crippen LogP contribution in [0.4, 0.5) is 4.39 Å². The van der Waals surface area contributed by atoms with Crippen molar-refractivity contribution in [3.05, 3.63) is 47.8 Å². The average Bonchev–Trinajstić information content (AvgIpc) is 2.29. The maximum Gasteiger partial charge on any atom is 0.243 e. The van der Waals surface area contributed by atoms with Crippen LogP contribution in [0.25, 0.3) is 0 Å². The van der Waals surface area contributed by atoms with Crippen molar-refractivity contribution in [1.29, 1.82) is 0 Å². The second-order valence-electron chi connectivity index (χ2n) is 4.00. The van der Waals surface area contributed by atoms with Gasteiger partial charge in [-0.25, -0.2) is 4.39 Å². The molecule has 0 heterocycles. The van der Waals surface area contributed by atoms with Crippen LogP contribution in [0.3, 0.4) is 0 Å². The predicted octanol–water partition coefficient (Wildman–Crippen LogP) is 2.51. The highest BCUT2D eigenvalue weighted by Crippen LogP contribution is 2.30. The van der Waals surface area contributed by atoms with Crippen LogP contribution in [0.2, 0.25) is 0 Å². The number of aryl methyl sites for hydroxylation is 1. The maximum absolute atomic E-state index is 13.2. The number of halogens is 1. The number of hydrogen-bond acceptors (Lipinski definition) is 1. The van der Waals surface area contributed by atoms with Crippen LogP contribution >= 0.6 is 0 Å². The van der Waals surface area contributed by atoms with Gasteiger partial charge in [0.15, 0.2) is 0 Å². The van der Waals surface area contributed by atoms with Crippen molar-refractivity contribution < 1.29 is 9.18 Å². The summed E-state index contributed by atoms with van der Waals surface area (Å²) in [7, 11) is 0. The Kier molecular flexibility index (Phi) is 3.04. The first-order valence-corrected chi connectivity index (χ1v) is 5.42. The maximum atomic E-state index is 13.2. The normalized spacial score (nSPS) is 18.7. The molecule has 0 aliphatic heterocycles. The number of hydrogen-bond donors (Lipinski definition) is 1. The molecule has 1 aromatic carbocycles. The van der Waals surface area contributed by atoms with E-state index in [4.69, 9.17) is 0 Å². The number of amides is 1. The number of benzene rings is 1. The zero-order valence-corrected chi connectivity index (χ0v) is 9.00. The van der Waals surface area contributed by atoms with Crippen molar-refractivity contribution in [3.63, 3.8) is 0 Å². The Morgan fingerprint density at radius 2 is 2.38 bits per heavy atom. The quantitative estimate of drug-likeness (QED) is 0.761. The zero-order valence-electron chi connectivity index (χ0n) is 9.00. The summed E-state index contributed by atoms with van der Waals surface area (Å²) >= 11 is 0. The van der Waals surface area contributed by atoms with Crippen molar-refractivity contribution in [2.45, 2.75) is 25.3 Å². The summed E-state index contributed by atoms with van der Waals surface area (Å²) in [5, 5.41) is 2.83. The summed E-state index contributed by atoms with van der Waals surface area (Å²) in [6, 6.07) is 4.71. The number of carbonyl (C=O) groups is 1. The lowest BCUT2D eigenvalue weighted by Crippen LogP contribution is -2.29. The van der Waals surface area contributed by atoms with Gasteiger partial charge in [-0.2, -0.15) is 0 Å². The fourth-order valence-electron chi connectivity index (χ4n) is 2.15. The molecule has 0 radical (unpaired) electrons. The van der Waals surface area contributed by atoms with Gasteiger partial charge in [-0.3, -0.25) is 4.79 Å². The standard InChI is InChI=1S/C13H14FNO/c1-2-13(16)15-12-5-3-4-9-6-7-10(14)8-11(9)12/h2,6-8,12H,1,3-5H2,(H,15,16)/t12-/m0/s1. The van der Waals surface area contributed by atoms with Crippen LogP contribution in [-0.4, -0.2) is 5.91 Å². The van der Waals surface area contributed by atoms with E-state index in [2.05, 4.69) is 11.9 Å². The highest BCUT2D eigenvalue weighted by atomic mass is 19.1. The minimum atomic E-state index is -0.251. The summed E-state index contributed by atoms with van der Waals surface area (Å²) in [4.78, 5) is 11.3. The SMILES string of the molecule is C=CC(=O)N[C@H]1CCCc2ccc(F)cc21. The number of carbonyl (C=O) groups excluding carboxylic acids is 1. The molecule has 0 fully saturated rings. The molecule has 16 heavy (non-hydrogen) atoms. The summed E-state index contributed by atoms with van der Waals surface area (Å²) in [5.74, 6) is -0.458. The van der Waals surface area contributed by atoms with Gasteiger partial charge in [0.1, 0.15) is 5.82 Å². The van der Waals surface area contributed by atoms with Crippen LogP contribution in [-0.2, 0) is 11.2 Å². The molecular weight excluding hydrogens is 205 g/mol. The Labute approximate surface area is 94.2 Å². The monoisotopic (exact) mass is 219 g/mol. The van der Waals surface area contributed by atoms with Gasteiger partial charge in [-0.1, -0.05) is 12.6 Å². The van der Waals surface area contributed by atoms with Gasteiger partial charge >= 0.3 is 0 Å². The number of nitrogens with one attached hydrogen (secondary N) is 1. The smallest absolute Gasteiger partial charge is 0.243 e. The molecule has 2 nitrogen and oxygen atoms in total. The second-order valence-corrected chi connectivity index (χ2v) is 4.00. The largest absolute Gasteiger partial charge is 0.346 e. The van der Waals surface area contributed by atoms with E-state index >= 15 is 0 Å². The van der Waals surface area contributed by atoms with E-state index < -0.39 is 0 Å². The van der Waals surface area contributed by atoms with Crippen molar-refractivity contribution in [2.24, 2.45) is 0 Å². The Morgan fingerprint density at radius 1 is 1.56 bits per heavy atom. The molecule has 1 amide bonds. The third-order valence-corrected chi connectivity index (χ3v) is 2.92. The lowest BCUT2D eigenvalue weighted by Gasteiger charge is -2.25. The lowest BCUT2D eigenvalue weighted by atomic mass is 9.87. The molecule has 0 unspecified atom stereocenters. The number of rotatable bonds is 2. The molecule has 2 rings (SSSR count). The van der Waals surface area contributed by atoms with Gasteiger partial charge < -0.3 is 5.32 Å². The summed E-state index contributed by atoms with van der Waals surface area (Å²) in [6.45, 7) is 3.41. The molecule has 0 bridgehead atoms. The topological polar surface area (TPSA) is 29.1 Å². The first kappa shape index (κ1) is 10.9. The van der Waals surface area contributed by atoms with Crippen LogP contribution in [0.1, 0.15) is 30.0 Å². The summed E-state index contributed by atoms with van der Waals surface area (Å²) in [5.41, 5.74) is 2.03. The van der Waals surface area contributed by atoms with Crippen molar-refractivity contribution in [1.82, 2.24) is 5.32 Å². The van der Waals surface area contributed by atoms with Gasteiger partial charge in [0.05, 0.1) is 6.04 Å². The van der Waals surface area contributed by atoms with Crippen LogP contribution in [0.5, 0.6) is 0 Å². The summed E-state index contributed by atoms with van der Waals surface area (Å²) < 4.78 is 13.2. The first-order valence-electron chi connectivity index (χ1n) is 5.42. The molecule has 84 valence electrons. The van der Waals surface area contributed by atoms with Gasteiger partial charge in [-0.05, 0) is 48.6 Å². The van der Waals surface area contributed by atoms with E-state index in [-0.39, 0.29) is 17.8 Å². The Hall–Kier alpha value is -1.64. The molecule has 1 aromatic rings. The fourth-order valence-corrected chi connectivity index (χ4v) is 2.15. The predicted molar refractivity (Wildman–Crippen MR) is 60.4 cm³/mol. The Morgan fingerprint density at radius 3 is 3.12 bits per heavy atom. The second kappa shape index (κ2) is 4.47. The molecule has 1 aliphatic rings. The van der Waals surface area contributed by atoms with Gasteiger partial charge in [0, 0.05) is 0 Å². The highest BCUT2D eigenvalue weighted by molar-refractivity contribution is 5.87. The van der Waals surface area contributed by atoms with Crippen LogP contribution in [0, 0.1) is 5.82 Å². The molecule has 3 heteroatoms. The van der Waals surface area contributed by atoms with E-state index in [1.54, 1.807) is 6.07 Å². The lowest BCUT2D eigenvalue weighted by molar-refractivity contribution is -0.117. The average molecular weight is 219 g/mol. The van der Waals surface area contributed by atoms with E-state index in [0.29, 0.717) is 0 Å². The third kappa shape index (κ3) is 2.13. The molecule has 0 saturated carbocycles. The Bertz CT molecular complexity index is 428. The molecular formula is C13H14FNO. The molecule has 0 saturated heterocycles. The third-order valence-electron chi connectivity index (χ3n) is 2.92.